The standard InChI is InChI=1S/C13H19FN2O3S/c1-9-12(4-3-7-15-9)16-20(17,18)10-5-6-13(19-2)11(14)8-10/h5-6,8-9,12,15-16H,3-4,7H2,1-2H3. The first-order valence-electron chi connectivity index (χ1n) is 6.53. The largest absolute Gasteiger partial charge is 0.494 e. The van der Waals surface area contributed by atoms with Crippen LogP contribution in [0.25, 0.3) is 0 Å². The Labute approximate surface area is 118 Å². The van der Waals surface area contributed by atoms with E-state index in [1.54, 1.807) is 0 Å². The first-order valence-corrected chi connectivity index (χ1v) is 8.01. The van der Waals surface area contributed by atoms with Crippen molar-refractivity contribution in [2.24, 2.45) is 0 Å². The van der Waals surface area contributed by atoms with Crippen LogP contribution in [-0.2, 0) is 10.0 Å². The number of ether oxygens (including phenoxy) is 1. The number of sulfonamides is 1. The molecule has 0 bridgehead atoms. The summed E-state index contributed by atoms with van der Waals surface area (Å²) in [5.74, 6) is -0.665. The smallest absolute Gasteiger partial charge is 0.240 e. The predicted molar refractivity (Wildman–Crippen MR) is 73.8 cm³/mol. The number of hydrogen-bond donors (Lipinski definition) is 2. The minimum Gasteiger partial charge on any atom is -0.494 e. The van der Waals surface area contributed by atoms with Crippen LogP contribution >= 0.6 is 0 Å². The zero-order valence-electron chi connectivity index (χ0n) is 11.5. The normalized spacial score (nSPS) is 23.6. The molecule has 0 spiro atoms. The quantitative estimate of drug-likeness (QED) is 0.878. The fraction of sp³-hybridized carbons (Fsp3) is 0.538. The lowest BCUT2D eigenvalue weighted by molar-refractivity contribution is 0.348. The molecule has 1 fully saturated rings. The molecule has 1 aliphatic heterocycles. The third-order valence-electron chi connectivity index (χ3n) is 3.50. The molecule has 1 saturated heterocycles. The van der Waals surface area contributed by atoms with Gasteiger partial charge >= 0.3 is 0 Å². The molecule has 7 heteroatoms. The van der Waals surface area contributed by atoms with Crippen molar-refractivity contribution in [3.8, 4) is 5.75 Å². The monoisotopic (exact) mass is 302 g/mol. The first-order chi connectivity index (χ1) is 9.44. The second-order valence-electron chi connectivity index (χ2n) is 4.91. The van der Waals surface area contributed by atoms with Gasteiger partial charge in [0, 0.05) is 12.1 Å². The number of benzene rings is 1. The van der Waals surface area contributed by atoms with E-state index in [9.17, 15) is 12.8 Å². The Morgan fingerprint density at radius 1 is 1.45 bits per heavy atom. The summed E-state index contributed by atoms with van der Waals surface area (Å²) in [7, 11) is -2.39. The summed E-state index contributed by atoms with van der Waals surface area (Å²) in [6, 6.07) is 3.50. The zero-order valence-corrected chi connectivity index (χ0v) is 12.3. The lowest BCUT2D eigenvalue weighted by Gasteiger charge is -2.30. The average molecular weight is 302 g/mol. The molecule has 2 N–H and O–H groups in total. The summed E-state index contributed by atoms with van der Waals surface area (Å²) in [4.78, 5) is -0.0893. The summed E-state index contributed by atoms with van der Waals surface area (Å²) in [6.07, 6.45) is 1.68. The van der Waals surface area contributed by atoms with Gasteiger partial charge in [-0.25, -0.2) is 17.5 Å². The highest BCUT2D eigenvalue weighted by atomic mass is 32.2. The van der Waals surface area contributed by atoms with Gasteiger partial charge in [0.1, 0.15) is 0 Å². The van der Waals surface area contributed by atoms with Crippen LogP contribution in [0, 0.1) is 5.82 Å². The van der Waals surface area contributed by atoms with Crippen LogP contribution in [-0.4, -0.2) is 34.2 Å². The first kappa shape index (κ1) is 15.2. The van der Waals surface area contributed by atoms with Crippen LogP contribution in [0.3, 0.4) is 0 Å². The average Bonchev–Trinajstić information content (AvgIpc) is 2.41. The van der Waals surface area contributed by atoms with E-state index in [1.807, 2.05) is 6.92 Å². The van der Waals surface area contributed by atoms with E-state index in [4.69, 9.17) is 4.74 Å². The summed E-state index contributed by atoms with van der Waals surface area (Å²) in [5, 5.41) is 3.21. The molecular formula is C13H19FN2O3S. The lowest BCUT2D eigenvalue weighted by Crippen LogP contribution is -2.51. The second-order valence-corrected chi connectivity index (χ2v) is 6.62. The Hall–Kier alpha value is -1.18. The van der Waals surface area contributed by atoms with Gasteiger partial charge in [-0.2, -0.15) is 0 Å². The molecule has 0 radical (unpaired) electrons. The van der Waals surface area contributed by atoms with Crippen LogP contribution in [0.15, 0.2) is 23.1 Å². The molecule has 1 aliphatic rings. The van der Waals surface area contributed by atoms with Crippen molar-refractivity contribution in [2.75, 3.05) is 13.7 Å². The maximum atomic E-state index is 13.6. The van der Waals surface area contributed by atoms with Crippen molar-refractivity contribution in [3.63, 3.8) is 0 Å². The van der Waals surface area contributed by atoms with Gasteiger partial charge in [-0.3, -0.25) is 0 Å². The fourth-order valence-corrected chi connectivity index (χ4v) is 3.65. The minimum absolute atomic E-state index is 0.0247. The topological polar surface area (TPSA) is 67.4 Å². The number of halogens is 1. The third-order valence-corrected chi connectivity index (χ3v) is 4.99. The van der Waals surface area contributed by atoms with Crippen molar-refractivity contribution in [3.05, 3.63) is 24.0 Å². The highest BCUT2D eigenvalue weighted by Gasteiger charge is 2.27. The summed E-state index contributed by atoms with van der Waals surface area (Å²) >= 11 is 0. The second kappa shape index (κ2) is 6.07. The molecule has 5 nitrogen and oxygen atoms in total. The fourth-order valence-electron chi connectivity index (χ4n) is 2.29. The highest BCUT2D eigenvalue weighted by molar-refractivity contribution is 7.89. The van der Waals surface area contributed by atoms with E-state index in [2.05, 4.69) is 10.0 Å². The summed E-state index contributed by atoms with van der Waals surface area (Å²) < 4.78 is 45.5. The van der Waals surface area contributed by atoms with E-state index >= 15 is 0 Å². The molecule has 112 valence electrons. The molecule has 1 heterocycles. The van der Waals surface area contributed by atoms with Gasteiger partial charge in [0.15, 0.2) is 11.6 Å². The van der Waals surface area contributed by atoms with Gasteiger partial charge in [0.25, 0.3) is 0 Å². The molecule has 2 unspecified atom stereocenters. The Bertz CT molecular complexity index is 577. The molecule has 1 aromatic rings. The number of hydrogen-bond acceptors (Lipinski definition) is 4. The highest BCUT2D eigenvalue weighted by Crippen LogP contribution is 2.21. The molecule has 2 rings (SSSR count). The van der Waals surface area contributed by atoms with Crippen LogP contribution in [0.1, 0.15) is 19.8 Å². The summed E-state index contributed by atoms with van der Waals surface area (Å²) in [5.41, 5.74) is 0. The van der Waals surface area contributed by atoms with Gasteiger partial charge < -0.3 is 10.1 Å². The maximum Gasteiger partial charge on any atom is 0.240 e. The predicted octanol–water partition coefficient (Wildman–Crippen LogP) is 1.25. The molecular weight excluding hydrogens is 283 g/mol. The van der Waals surface area contributed by atoms with E-state index in [0.29, 0.717) is 0 Å². The van der Waals surface area contributed by atoms with E-state index < -0.39 is 15.8 Å². The molecule has 0 saturated carbocycles. The van der Waals surface area contributed by atoms with Crippen LogP contribution in [0.5, 0.6) is 5.75 Å². The minimum atomic E-state index is -3.73. The van der Waals surface area contributed by atoms with Gasteiger partial charge in [-0.15, -0.1) is 0 Å². The zero-order chi connectivity index (χ0) is 14.8. The van der Waals surface area contributed by atoms with Crippen LogP contribution in [0.4, 0.5) is 4.39 Å². The number of piperidine rings is 1. The van der Waals surface area contributed by atoms with Crippen LogP contribution in [0.2, 0.25) is 0 Å². The Balaban J connectivity index is 2.19. The van der Waals surface area contributed by atoms with Gasteiger partial charge in [-0.1, -0.05) is 0 Å². The molecule has 0 aromatic heterocycles. The molecule has 1 aromatic carbocycles. The molecule has 2 atom stereocenters. The Kier molecular flexibility index (Phi) is 4.62. The molecule has 0 amide bonds. The molecule has 0 aliphatic carbocycles. The van der Waals surface area contributed by atoms with Crippen molar-refractivity contribution in [1.29, 1.82) is 0 Å². The third kappa shape index (κ3) is 3.28. The SMILES string of the molecule is COc1ccc(S(=O)(=O)NC2CCCNC2C)cc1F. The number of rotatable bonds is 4. The Morgan fingerprint density at radius 2 is 2.20 bits per heavy atom. The van der Waals surface area contributed by atoms with Gasteiger partial charge in [0.2, 0.25) is 10.0 Å². The van der Waals surface area contributed by atoms with Gasteiger partial charge in [-0.05, 0) is 44.5 Å². The van der Waals surface area contributed by atoms with Crippen molar-refractivity contribution >= 4 is 10.0 Å². The van der Waals surface area contributed by atoms with Crippen molar-refractivity contribution in [1.82, 2.24) is 10.0 Å². The van der Waals surface area contributed by atoms with E-state index in [-0.39, 0.29) is 22.7 Å². The van der Waals surface area contributed by atoms with E-state index in [0.717, 1.165) is 25.5 Å². The van der Waals surface area contributed by atoms with Crippen molar-refractivity contribution in [2.45, 2.75) is 36.7 Å². The number of nitrogens with one attached hydrogen (secondary N) is 2. The van der Waals surface area contributed by atoms with Gasteiger partial charge in [0.05, 0.1) is 12.0 Å². The molecule has 20 heavy (non-hydrogen) atoms. The maximum absolute atomic E-state index is 13.6. The van der Waals surface area contributed by atoms with E-state index in [1.165, 1.54) is 19.2 Å². The Morgan fingerprint density at radius 3 is 2.80 bits per heavy atom. The van der Waals surface area contributed by atoms with Crippen LogP contribution < -0.4 is 14.8 Å². The lowest BCUT2D eigenvalue weighted by atomic mass is 10.0. The number of methoxy groups -OCH3 is 1. The summed E-state index contributed by atoms with van der Waals surface area (Å²) in [6.45, 7) is 2.82. The van der Waals surface area contributed by atoms with Crippen molar-refractivity contribution < 1.29 is 17.5 Å².